The summed E-state index contributed by atoms with van der Waals surface area (Å²) in [7, 11) is 1.62. The molecule has 1 heterocycles. The molecule has 0 saturated heterocycles. The predicted molar refractivity (Wildman–Crippen MR) is 98.7 cm³/mol. The summed E-state index contributed by atoms with van der Waals surface area (Å²) in [6, 6.07) is 17.3. The topological polar surface area (TPSA) is 67.0 Å². The zero-order chi connectivity index (χ0) is 17.6. The number of carbonyl (C=O) groups is 1. The van der Waals surface area contributed by atoms with Gasteiger partial charge in [0.1, 0.15) is 11.4 Å². The number of methoxy groups -OCH3 is 1. The Morgan fingerprint density at radius 1 is 1.12 bits per heavy atom. The number of aromatic amines is 1. The van der Waals surface area contributed by atoms with Gasteiger partial charge < -0.3 is 10.1 Å². The van der Waals surface area contributed by atoms with Crippen LogP contribution in [0.15, 0.2) is 54.6 Å². The molecule has 0 bridgehead atoms. The van der Waals surface area contributed by atoms with Gasteiger partial charge in [0.05, 0.1) is 24.9 Å². The van der Waals surface area contributed by atoms with E-state index in [1.165, 1.54) is 0 Å². The number of H-pyrrole nitrogens is 1. The molecule has 128 valence electrons. The highest BCUT2D eigenvalue weighted by Crippen LogP contribution is 2.29. The fraction of sp³-hybridized carbons (Fsp3) is 0.200. The Hall–Kier alpha value is -3.08. The second-order valence-corrected chi connectivity index (χ2v) is 5.72. The van der Waals surface area contributed by atoms with E-state index in [9.17, 15) is 4.79 Å². The first kappa shape index (κ1) is 16.8. The monoisotopic (exact) mass is 335 g/mol. The number of rotatable bonds is 6. The van der Waals surface area contributed by atoms with Crippen molar-refractivity contribution in [3.63, 3.8) is 0 Å². The quantitative estimate of drug-likeness (QED) is 0.719. The van der Waals surface area contributed by atoms with Gasteiger partial charge in [-0.1, -0.05) is 49.4 Å². The Kier molecular flexibility index (Phi) is 5.14. The van der Waals surface area contributed by atoms with Gasteiger partial charge in [-0.3, -0.25) is 9.89 Å². The van der Waals surface area contributed by atoms with Gasteiger partial charge in [-0.25, -0.2) is 0 Å². The molecule has 1 aromatic heterocycles. The maximum absolute atomic E-state index is 12.5. The number of hydrogen-bond donors (Lipinski definition) is 2. The molecule has 0 unspecified atom stereocenters. The highest BCUT2D eigenvalue weighted by Gasteiger charge is 2.16. The number of ether oxygens (including phenoxy) is 1. The zero-order valence-corrected chi connectivity index (χ0v) is 14.4. The fourth-order valence-electron chi connectivity index (χ4n) is 2.69. The van der Waals surface area contributed by atoms with Gasteiger partial charge in [-0.05, 0) is 24.1 Å². The highest BCUT2D eigenvalue weighted by atomic mass is 16.5. The van der Waals surface area contributed by atoms with Crippen molar-refractivity contribution >= 4 is 11.6 Å². The molecule has 1 amide bonds. The van der Waals surface area contributed by atoms with Crippen LogP contribution >= 0.6 is 0 Å². The summed E-state index contributed by atoms with van der Waals surface area (Å²) in [6.45, 7) is 2.03. The Labute approximate surface area is 147 Å². The van der Waals surface area contributed by atoms with Crippen LogP contribution in [0.25, 0.3) is 11.3 Å². The normalized spacial score (nSPS) is 10.5. The molecule has 0 aliphatic heterocycles. The highest BCUT2D eigenvalue weighted by molar-refractivity contribution is 5.96. The number of amides is 1. The molecular weight excluding hydrogens is 314 g/mol. The zero-order valence-electron chi connectivity index (χ0n) is 14.4. The third-order valence-electron chi connectivity index (χ3n) is 4.03. The smallest absolute Gasteiger partial charge is 0.228 e. The van der Waals surface area contributed by atoms with Crippen LogP contribution in [-0.2, 0) is 17.6 Å². The number of anilines is 1. The molecule has 0 fully saturated rings. The predicted octanol–water partition coefficient (Wildman–Crippen LogP) is 3.83. The summed E-state index contributed by atoms with van der Waals surface area (Å²) in [5, 5.41) is 10.4. The summed E-state index contributed by atoms with van der Waals surface area (Å²) in [4.78, 5) is 12.5. The van der Waals surface area contributed by atoms with Gasteiger partial charge >= 0.3 is 0 Å². The molecule has 0 aliphatic rings. The molecule has 2 aromatic carbocycles. The van der Waals surface area contributed by atoms with E-state index in [4.69, 9.17) is 4.74 Å². The fourth-order valence-corrected chi connectivity index (χ4v) is 2.69. The summed E-state index contributed by atoms with van der Waals surface area (Å²) in [6.07, 6.45) is 1.06. The van der Waals surface area contributed by atoms with E-state index in [-0.39, 0.29) is 5.91 Å². The molecule has 0 aliphatic carbocycles. The van der Waals surface area contributed by atoms with Crippen LogP contribution in [-0.4, -0.2) is 23.2 Å². The van der Waals surface area contributed by atoms with Gasteiger partial charge in [0.15, 0.2) is 0 Å². The van der Waals surface area contributed by atoms with Crippen LogP contribution < -0.4 is 10.1 Å². The van der Waals surface area contributed by atoms with Crippen molar-refractivity contribution in [3.05, 3.63) is 65.9 Å². The third-order valence-corrected chi connectivity index (χ3v) is 4.03. The third kappa shape index (κ3) is 3.88. The maximum atomic E-state index is 12.5. The van der Waals surface area contributed by atoms with E-state index in [2.05, 4.69) is 15.5 Å². The molecule has 0 atom stereocenters. The lowest BCUT2D eigenvalue weighted by atomic mass is 10.1. The first-order chi connectivity index (χ1) is 12.2. The molecule has 25 heavy (non-hydrogen) atoms. The van der Waals surface area contributed by atoms with E-state index < -0.39 is 0 Å². The lowest BCUT2D eigenvalue weighted by molar-refractivity contribution is -0.115. The van der Waals surface area contributed by atoms with Gasteiger partial charge in [0.2, 0.25) is 5.91 Å². The minimum Gasteiger partial charge on any atom is -0.497 e. The van der Waals surface area contributed by atoms with Crippen molar-refractivity contribution in [3.8, 4) is 17.0 Å². The largest absolute Gasteiger partial charge is 0.497 e. The van der Waals surface area contributed by atoms with Gasteiger partial charge in [-0.15, -0.1) is 0 Å². The molecule has 3 aromatic rings. The van der Waals surface area contributed by atoms with Crippen LogP contribution in [0.4, 0.5) is 5.69 Å². The molecule has 0 spiro atoms. The molecule has 5 nitrogen and oxygen atoms in total. The van der Waals surface area contributed by atoms with E-state index in [1.54, 1.807) is 7.11 Å². The van der Waals surface area contributed by atoms with Gasteiger partial charge in [0.25, 0.3) is 0 Å². The van der Waals surface area contributed by atoms with Gasteiger partial charge in [0, 0.05) is 5.56 Å². The van der Waals surface area contributed by atoms with E-state index in [1.807, 2.05) is 61.5 Å². The average Bonchev–Trinajstić information content (AvgIpc) is 3.05. The Bertz CT molecular complexity index is 839. The lowest BCUT2D eigenvalue weighted by Gasteiger charge is -2.08. The Morgan fingerprint density at radius 3 is 2.48 bits per heavy atom. The number of benzene rings is 2. The summed E-state index contributed by atoms with van der Waals surface area (Å²) < 4.78 is 5.14. The minimum atomic E-state index is -0.0709. The second-order valence-electron chi connectivity index (χ2n) is 5.72. The number of hydrogen-bond acceptors (Lipinski definition) is 3. The molecule has 2 N–H and O–H groups in total. The Morgan fingerprint density at radius 2 is 1.84 bits per heavy atom. The first-order valence-electron chi connectivity index (χ1n) is 8.26. The second kappa shape index (κ2) is 7.66. The number of aryl methyl sites for hydroxylation is 1. The van der Waals surface area contributed by atoms with E-state index in [0.717, 1.165) is 40.4 Å². The van der Waals surface area contributed by atoms with Crippen LogP contribution in [0, 0.1) is 0 Å². The van der Waals surface area contributed by atoms with Crippen molar-refractivity contribution < 1.29 is 9.53 Å². The van der Waals surface area contributed by atoms with E-state index in [0.29, 0.717) is 6.42 Å². The summed E-state index contributed by atoms with van der Waals surface area (Å²) >= 11 is 0. The molecule has 5 heteroatoms. The average molecular weight is 335 g/mol. The summed E-state index contributed by atoms with van der Waals surface area (Å²) in [5.74, 6) is 0.706. The van der Waals surface area contributed by atoms with Crippen molar-refractivity contribution in [2.75, 3.05) is 12.4 Å². The number of nitrogens with zero attached hydrogens (tertiary/aromatic N) is 1. The first-order valence-corrected chi connectivity index (χ1v) is 8.26. The lowest BCUT2D eigenvalue weighted by Crippen LogP contribution is -2.15. The SMILES string of the molecule is CCc1[nH]nc(-c2ccccc2)c1NC(=O)Cc1ccc(OC)cc1. The van der Waals surface area contributed by atoms with Crippen molar-refractivity contribution in [1.82, 2.24) is 10.2 Å². The molecule has 0 saturated carbocycles. The standard InChI is InChI=1S/C20H21N3O2/c1-3-17-20(19(23-22-17)15-7-5-4-6-8-15)21-18(24)13-14-9-11-16(25-2)12-10-14/h4-12H,3,13H2,1-2H3,(H,21,24)(H,22,23). The minimum absolute atomic E-state index is 0.0709. The van der Waals surface area contributed by atoms with Crippen LogP contribution in [0.2, 0.25) is 0 Å². The number of aromatic nitrogens is 2. The Balaban J connectivity index is 1.79. The molecule has 3 rings (SSSR count). The van der Waals surface area contributed by atoms with Crippen molar-refractivity contribution in [2.24, 2.45) is 0 Å². The van der Waals surface area contributed by atoms with Crippen LogP contribution in [0.3, 0.4) is 0 Å². The number of carbonyl (C=O) groups excluding carboxylic acids is 1. The maximum Gasteiger partial charge on any atom is 0.228 e. The summed E-state index contributed by atoms with van der Waals surface area (Å²) in [5.41, 5.74) is 4.34. The molecule has 0 radical (unpaired) electrons. The van der Waals surface area contributed by atoms with Crippen LogP contribution in [0.1, 0.15) is 18.2 Å². The van der Waals surface area contributed by atoms with Crippen molar-refractivity contribution in [1.29, 1.82) is 0 Å². The molecular formula is C20H21N3O2. The van der Waals surface area contributed by atoms with Gasteiger partial charge in [-0.2, -0.15) is 5.10 Å². The van der Waals surface area contributed by atoms with E-state index >= 15 is 0 Å². The number of nitrogens with one attached hydrogen (secondary N) is 2. The van der Waals surface area contributed by atoms with Crippen molar-refractivity contribution in [2.45, 2.75) is 19.8 Å². The van der Waals surface area contributed by atoms with Crippen LogP contribution in [0.5, 0.6) is 5.75 Å².